The van der Waals surface area contributed by atoms with Gasteiger partial charge in [0.25, 0.3) is 0 Å². The maximum atomic E-state index is 11.1. The van der Waals surface area contributed by atoms with Crippen molar-refractivity contribution in [1.82, 2.24) is 9.78 Å². The summed E-state index contributed by atoms with van der Waals surface area (Å²) in [5.41, 5.74) is 2.32. The largest absolute Gasteiger partial charge is 0.476 e. The van der Waals surface area contributed by atoms with Crippen molar-refractivity contribution >= 4 is 34.7 Å². The summed E-state index contributed by atoms with van der Waals surface area (Å²) in [6.07, 6.45) is 1.43. The highest BCUT2D eigenvalue weighted by atomic mass is 32.1. The van der Waals surface area contributed by atoms with Gasteiger partial charge >= 0.3 is 5.97 Å². The molecule has 6 nitrogen and oxygen atoms in total. The molecule has 0 fully saturated rings. The Hall–Kier alpha value is -2.41. The van der Waals surface area contributed by atoms with Gasteiger partial charge in [0.05, 0.1) is 11.9 Å². The molecule has 0 saturated heterocycles. The third kappa shape index (κ3) is 2.94. The van der Waals surface area contributed by atoms with Gasteiger partial charge in [-0.15, -0.1) is 0 Å². The van der Waals surface area contributed by atoms with Crippen LogP contribution in [-0.2, 0) is 7.05 Å². The fourth-order valence-corrected chi connectivity index (χ4v) is 1.99. The van der Waals surface area contributed by atoms with Gasteiger partial charge in [-0.2, -0.15) is 5.10 Å². The second-order valence-corrected chi connectivity index (χ2v) is 4.64. The Bertz CT molecular complexity index is 666. The lowest BCUT2D eigenvalue weighted by molar-refractivity contribution is 0.0686. The SMILES string of the molecule is Cc1ccccc1NC(=S)Nc1cnn(C)c1C(=O)O. The molecule has 0 atom stereocenters. The molecule has 0 spiro atoms. The molecule has 2 aromatic rings. The molecule has 7 heteroatoms. The summed E-state index contributed by atoms with van der Waals surface area (Å²) in [6, 6.07) is 7.67. The van der Waals surface area contributed by atoms with Crippen molar-refractivity contribution in [2.75, 3.05) is 10.6 Å². The van der Waals surface area contributed by atoms with Gasteiger partial charge in [0, 0.05) is 12.7 Å². The van der Waals surface area contributed by atoms with Crippen molar-refractivity contribution in [3.63, 3.8) is 0 Å². The normalized spacial score (nSPS) is 10.1. The highest BCUT2D eigenvalue weighted by Gasteiger charge is 2.16. The van der Waals surface area contributed by atoms with E-state index in [4.69, 9.17) is 17.3 Å². The lowest BCUT2D eigenvalue weighted by Crippen LogP contribution is -2.21. The zero-order valence-corrected chi connectivity index (χ0v) is 11.9. The molecule has 0 saturated carbocycles. The molecule has 104 valence electrons. The number of hydrogen-bond acceptors (Lipinski definition) is 3. The number of carboxylic acid groups (broad SMARTS) is 1. The van der Waals surface area contributed by atoms with E-state index >= 15 is 0 Å². The first-order valence-electron chi connectivity index (χ1n) is 5.88. The van der Waals surface area contributed by atoms with Crippen molar-refractivity contribution in [2.45, 2.75) is 6.92 Å². The minimum atomic E-state index is -1.06. The summed E-state index contributed by atoms with van der Waals surface area (Å²) in [4.78, 5) is 11.1. The molecule has 20 heavy (non-hydrogen) atoms. The van der Waals surface area contributed by atoms with E-state index in [1.165, 1.54) is 10.9 Å². The molecule has 0 aliphatic rings. The molecule has 0 radical (unpaired) electrons. The minimum absolute atomic E-state index is 0.0546. The molecular formula is C13H14N4O2S. The zero-order chi connectivity index (χ0) is 14.7. The van der Waals surface area contributed by atoms with E-state index in [1.54, 1.807) is 7.05 Å². The molecule has 1 aromatic heterocycles. The van der Waals surface area contributed by atoms with E-state index in [-0.39, 0.29) is 5.69 Å². The minimum Gasteiger partial charge on any atom is -0.476 e. The van der Waals surface area contributed by atoms with Crippen LogP contribution in [0.15, 0.2) is 30.5 Å². The number of nitrogens with zero attached hydrogens (tertiary/aromatic N) is 2. The number of para-hydroxylation sites is 1. The molecule has 0 aliphatic heterocycles. The number of benzene rings is 1. The number of aryl methyl sites for hydroxylation is 2. The smallest absolute Gasteiger partial charge is 0.356 e. The van der Waals surface area contributed by atoms with E-state index in [0.717, 1.165) is 11.3 Å². The molecule has 3 N–H and O–H groups in total. The second kappa shape index (κ2) is 5.70. The number of nitrogens with one attached hydrogen (secondary N) is 2. The van der Waals surface area contributed by atoms with Gasteiger partial charge in [0.2, 0.25) is 0 Å². The highest BCUT2D eigenvalue weighted by molar-refractivity contribution is 7.80. The zero-order valence-electron chi connectivity index (χ0n) is 11.0. The number of carboxylic acids is 1. The predicted octanol–water partition coefficient (Wildman–Crippen LogP) is 2.24. The van der Waals surface area contributed by atoms with Crippen molar-refractivity contribution in [3.05, 3.63) is 41.7 Å². The van der Waals surface area contributed by atoms with Gasteiger partial charge < -0.3 is 15.7 Å². The van der Waals surface area contributed by atoms with Gasteiger partial charge in [-0.25, -0.2) is 4.79 Å². The van der Waals surface area contributed by atoms with E-state index in [9.17, 15) is 4.79 Å². The average Bonchev–Trinajstić information content (AvgIpc) is 2.73. The van der Waals surface area contributed by atoms with Crippen LogP contribution in [0.3, 0.4) is 0 Å². The van der Waals surface area contributed by atoms with Crippen LogP contribution < -0.4 is 10.6 Å². The topological polar surface area (TPSA) is 79.2 Å². The molecule has 2 rings (SSSR count). The molecule has 0 aliphatic carbocycles. The summed E-state index contributed by atoms with van der Waals surface area (Å²) in [7, 11) is 1.56. The molecule has 0 bridgehead atoms. The van der Waals surface area contributed by atoms with Gasteiger partial charge in [0.15, 0.2) is 10.8 Å². The number of anilines is 2. The van der Waals surface area contributed by atoms with Crippen molar-refractivity contribution < 1.29 is 9.90 Å². The van der Waals surface area contributed by atoms with Crippen LogP contribution in [0.25, 0.3) is 0 Å². The Balaban J connectivity index is 2.13. The summed E-state index contributed by atoms with van der Waals surface area (Å²) in [6.45, 7) is 1.96. The number of rotatable bonds is 3. The molecule has 0 amide bonds. The predicted molar refractivity (Wildman–Crippen MR) is 81.2 cm³/mol. The third-order valence-electron chi connectivity index (χ3n) is 2.78. The van der Waals surface area contributed by atoms with Gasteiger partial charge in [-0.1, -0.05) is 18.2 Å². The van der Waals surface area contributed by atoms with E-state index in [1.807, 2.05) is 31.2 Å². The van der Waals surface area contributed by atoms with Crippen LogP contribution in [0.5, 0.6) is 0 Å². The van der Waals surface area contributed by atoms with Crippen LogP contribution in [0.4, 0.5) is 11.4 Å². The Morgan fingerprint density at radius 3 is 2.60 bits per heavy atom. The summed E-state index contributed by atoms with van der Waals surface area (Å²) in [5, 5.41) is 19.2. The van der Waals surface area contributed by atoms with E-state index in [0.29, 0.717) is 10.8 Å². The molecular weight excluding hydrogens is 276 g/mol. The Morgan fingerprint density at radius 1 is 1.30 bits per heavy atom. The standard InChI is InChI=1S/C13H14N4O2S/c1-8-5-3-4-6-9(8)15-13(20)16-10-7-14-17(2)11(10)12(18)19/h3-7H,1-2H3,(H,18,19)(H2,15,16,20). The maximum Gasteiger partial charge on any atom is 0.356 e. The van der Waals surface area contributed by atoms with Gasteiger partial charge in [0.1, 0.15) is 0 Å². The summed E-state index contributed by atoms with van der Waals surface area (Å²) < 4.78 is 1.28. The second-order valence-electron chi connectivity index (χ2n) is 4.23. The number of carbonyl (C=O) groups is 1. The van der Waals surface area contributed by atoms with Crippen LogP contribution in [-0.4, -0.2) is 26.0 Å². The van der Waals surface area contributed by atoms with Crippen LogP contribution in [0, 0.1) is 6.92 Å². The first-order chi connectivity index (χ1) is 9.49. The van der Waals surface area contributed by atoms with Crippen LogP contribution in [0.1, 0.15) is 16.1 Å². The maximum absolute atomic E-state index is 11.1. The fraction of sp³-hybridized carbons (Fsp3) is 0.154. The number of thiocarbonyl (C=S) groups is 1. The lowest BCUT2D eigenvalue weighted by Gasteiger charge is -2.11. The number of hydrogen-bond donors (Lipinski definition) is 3. The summed E-state index contributed by atoms with van der Waals surface area (Å²) >= 11 is 5.18. The van der Waals surface area contributed by atoms with Crippen LogP contribution >= 0.6 is 12.2 Å². The van der Waals surface area contributed by atoms with Crippen molar-refractivity contribution in [1.29, 1.82) is 0 Å². The van der Waals surface area contributed by atoms with Crippen molar-refractivity contribution in [2.24, 2.45) is 7.05 Å². The average molecular weight is 290 g/mol. The van der Waals surface area contributed by atoms with Crippen LogP contribution in [0.2, 0.25) is 0 Å². The molecule has 1 heterocycles. The van der Waals surface area contributed by atoms with Gasteiger partial charge in [-0.3, -0.25) is 4.68 Å². The monoisotopic (exact) mass is 290 g/mol. The summed E-state index contributed by atoms with van der Waals surface area (Å²) in [5.74, 6) is -1.06. The quantitative estimate of drug-likeness (QED) is 0.752. The first-order valence-corrected chi connectivity index (χ1v) is 6.29. The third-order valence-corrected chi connectivity index (χ3v) is 2.99. The number of aromatic carboxylic acids is 1. The van der Waals surface area contributed by atoms with E-state index < -0.39 is 5.97 Å². The highest BCUT2D eigenvalue weighted by Crippen LogP contribution is 2.16. The Kier molecular flexibility index (Phi) is 3.99. The Morgan fingerprint density at radius 2 is 1.95 bits per heavy atom. The van der Waals surface area contributed by atoms with Crippen molar-refractivity contribution in [3.8, 4) is 0 Å². The van der Waals surface area contributed by atoms with Gasteiger partial charge in [-0.05, 0) is 30.8 Å². The Labute approximate surface area is 121 Å². The molecule has 1 aromatic carbocycles. The number of aromatic nitrogens is 2. The fourth-order valence-electron chi connectivity index (χ4n) is 1.77. The molecule has 0 unspecified atom stereocenters. The van der Waals surface area contributed by atoms with E-state index in [2.05, 4.69) is 15.7 Å². The lowest BCUT2D eigenvalue weighted by atomic mass is 10.2. The first kappa shape index (κ1) is 14.0.